The number of benzene rings is 1. The van der Waals surface area contributed by atoms with Crippen LogP contribution in [-0.4, -0.2) is 19.1 Å². The van der Waals surface area contributed by atoms with Crippen LogP contribution in [0.1, 0.15) is 20.3 Å². The first kappa shape index (κ1) is 16.9. The quantitative estimate of drug-likeness (QED) is 0.625. The minimum atomic E-state index is -0.404. The van der Waals surface area contributed by atoms with E-state index in [4.69, 9.17) is 21.6 Å². The van der Waals surface area contributed by atoms with E-state index in [1.54, 1.807) is 18.2 Å². The Morgan fingerprint density at radius 3 is 2.81 bits per heavy atom. The Labute approximate surface area is 129 Å². The zero-order valence-corrected chi connectivity index (χ0v) is 13.0. The van der Waals surface area contributed by atoms with Crippen molar-refractivity contribution in [2.24, 2.45) is 0 Å². The number of nitrogens with zero attached hydrogens (tertiary/aromatic N) is 1. The number of nitriles is 1. The van der Waals surface area contributed by atoms with Gasteiger partial charge in [-0.2, -0.15) is 5.26 Å². The smallest absolute Gasteiger partial charge is 0.263 e. The summed E-state index contributed by atoms with van der Waals surface area (Å²) in [7, 11) is 1.53. The van der Waals surface area contributed by atoms with Gasteiger partial charge in [0.1, 0.15) is 17.4 Å². The number of halogens is 1. The zero-order valence-electron chi connectivity index (χ0n) is 12.2. The number of methoxy groups -OCH3 is 1. The summed E-state index contributed by atoms with van der Waals surface area (Å²) in [5.41, 5.74) is 0.659. The van der Waals surface area contributed by atoms with Crippen molar-refractivity contribution in [3.8, 4) is 11.8 Å². The lowest BCUT2D eigenvalue weighted by atomic mass is 10.2. The number of hydrogen-bond acceptors (Lipinski definition) is 4. The van der Waals surface area contributed by atoms with Gasteiger partial charge >= 0.3 is 0 Å². The molecule has 0 fully saturated rings. The predicted molar refractivity (Wildman–Crippen MR) is 83.2 cm³/mol. The molecule has 2 N–H and O–H groups in total. The van der Waals surface area contributed by atoms with E-state index in [0.29, 0.717) is 16.5 Å². The minimum Gasteiger partial charge on any atom is -0.495 e. The maximum Gasteiger partial charge on any atom is 0.263 e. The molecule has 0 heterocycles. The van der Waals surface area contributed by atoms with E-state index in [1.807, 2.05) is 19.9 Å². The van der Waals surface area contributed by atoms with Crippen molar-refractivity contribution >= 4 is 23.2 Å². The lowest BCUT2D eigenvalue weighted by Crippen LogP contribution is -2.33. The second-order valence-corrected chi connectivity index (χ2v) is 4.85. The van der Waals surface area contributed by atoms with Gasteiger partial charge in [-0.05, 0) is 31.5 Å². The summed E-state index contributed by atoms with van der Waals surface area (Å²) in [5.74, 6) is 0.153. The van der Waals surface area contributed by atoms with Crippen LogP contribution in [0, 0.1) is 11.3 Å². The van der Waals surface area contributed by atoms with Gasteiger partial charge in [-0.15, -0.1) is 0 Å². The Morgan fingerprint density at radius 1 is 1.57 bits per heavy atom. The van der Waals surface area contributed by atoms with Crippen LogP contribution in [0.4, 0.5) is 5.69 Å². The molecule has 0 aromatic heterocycles. The molecule has 0 aliphatic carbocycles. The van der Waals surface area contributed by atoms with E-state index in [-0.39, 0.29) is 11.6 Å². The van der Waals surface area contributed by atoms with Crippen LogP contribution in [0.2, 0.25) is 5.02 Å². The number of carbonyl (C=O) groups excluding carboxylic acids is 1. The molecule has 1 rings (SSSR count). The molecule has 0 aliphatic rings. The summed E-state index contributed by atoms with van der Waals surface area (Å²) in [6, 6.07) is 6.97. The molecule has 0 radical (unpaired) electrons. The number of nitrogens with one attached hydrogen (secondary N) is 2. The first-order valence-electron chi connectivity index (χ1n) is 6.53. The first-order chi connectivity index (χ1) is 10.0. The normalized spacial score (nSPS) is 12.2. The maximum atomic E-state index is 11.8. The highest BCUT2D eigenvalue weighted by molar-refractivity contribution is 6.32. The van der Waals surface area contributed by atoms with Gasteiger partial charge < -0.3 is 15.4 Å². The van der Waals surface area contributed by atoms with E-state index in [9.17, 15) is 4.79 Å². The van der Waals surface area contributed by atoms with Crippen molar-refractivity contribution in [1.29, 1.82) is 5.26 Å². The number of anilines is 1. The van der Waals surface area contributed by atoms with Gasteiger partial charge in [0.25, 0.3) is 5.91 Å². The highest BCUT2D eigenvalue weighted by Gasteiger charge is 2.11. The first-order valence-corrected chi connectivity index (χ1v) is 6.90. The third-order valence-electron chi connectivity index (χ3n) is 2.89. The number of amides is 1. The number of rotatable bonds is 6. The highest BCUT2D eigenvalue weighted by Crippen LogP contribution is 2.27. The van der Waals surface area contributed by atoms with E-state index < -0.39 is 5.91 Å². The SMILES string of the molecule is CCC(C)NC(=O)/C(C#N)=C\Nc1ccc(OC)c(Cl)c1. The molecular formula is C15H18ClN3O2. The third-order valence-corrected chi connectivity index (χ3v) is 3.19. The predicted octanol–water partition coefficient (Wildman–Crippen LogP) is 3.08. The fourth-order valence-corrected chi connectivity index (χ4v) is 1.72. The molecule has 5 nitrogen and oxygen atoms in total. The van der Waals surface area contributed by atoms with Crippen LogP contribution >= 0.6 is 11.6 Å². The van der Waals surface area contributed by atoms with Crippen LogP contribution in [-0.2, 0) is 4.79 Å². The Balaban J connectivity index is 2.79. The van der Waals surface area contributed by atoms with E-state index in [1.165, 1.54) is 13.3 Å². The van der Waals surface area contributed by atoms with Crippen LogP contribution in [0.5, 0.6) is 5.75 Å². The Hall–Kier alpha value is -2.19. The van der Waals surface area contributed by atoms with Crippen molar-refractivity contribution < 1.29 is 9.53 Å². The van der Waals surface area contributed by atoms with Crippen molar-refractivity contribution in [3.63, 3.8) is 0 Å². The molecule has 0 spiro atoms. The zero-order chi connectivity index (χ0) is 15.8. The van der Waals surface area contributed by atoms with Gasteiger partial charge in [0.2, 0.25) is 0 Å². The minimum absolute atomic E-state index is 0.00207. The van der Waals surface area contributed by atoms with Gasteiger partial charge in [0.15, 0.2) is 0 Å². The Bertz CT molecular complexity index is 579. The Kier molecular flexibility index (Phi) is 6.57. The number of carbonyl (C=O) groups is 1. The molecule has 6 heteroatoms. The fraction of sp³-hybridized carbons (Fsp3) is 0.333. The molecule has 1 amide bonds. The molecule has 21 heavy (non-hydrogen) atoms. The largest absolute Gasteiger partial charge is 0.495 e. The molecule has 0 aliphatic heterocycles. The molecule has 0 saturated heterocycles. The second-order valence-electron chi connectivity index (χ2n) is 4.45. The van der Waals surface area contributed by atoms with E-state index >= 15 is 0 Å². The van der Waals surface area contributed by atoms with Crippen LogP contribution in [0.25, 0.3) is 0 Å². The maximum absolute atomic E-state index is 11.8. The molecule has 0 bridgehead atoms. The standard InChI is InChI=1S/C15H18ClN3O2/c1-4-10(2)19-15(20)11(8-17)9-18-12-5-6-14(21-3)13(16)7-12/h5-7,9-10,18H,4H2,1-3H3,(H,19,20)/b11-9-. The summed E-state index contributed by atoms with van der Waals surface area (Å²) in [6.07, 6.45) is 2.15. The second kappa shape index (κ2) is 8.18. The number of hydrogen-bond donors (Lipinski definition) is 2. The molecule has 1 atom stereocenters. The topological polar surface area (TPSA) is 74.2 Å². The molecule has 1 aromatic carbocycles. The average Bonchev–Trinajstić information content (AvgIpc) is 2.47. The van der Waals surface area contributed by atoms with E-state index in [0.717, 1.165) is 6.42 Å². The monoisotopic (exact) mass is 307 g/mol. The van der Waals surface area contributed by atoms with Crippen molar-refractivity contribution in [1.82, 2.24) is 5.32 Å². The van der Waals surface area contributed by atoms with Gasteiger partial charge in [-0.1, -0.05) is 18.5 Å². The van der Waals surface area contributed by atoms with Crippen molar-refractivity contribution in [2.45, 2.75) is 26.3 Å². The van der Waals surface area contributed by atoms with Crippen LogP contribution < -0.4 is 15.4 Å². The molecule has 1 aromatic rings. The Morgan fingerprint density at radius 2 is 2.29 bits per heavy atom. The van der Waals surface area contributed by atoms with E-state index in [2.05, 4.69) is 10.6 Å². The van der Waals surface area contributed by atoms with Gasteiger partial charge in [-0.25, -0.2) is 0 Å². The van der Waals surface area contributed by atoms with Gasteiger partial charge in [-0.3, -0.25) is 4.79 Å². The third kappa shape index (κ3) is 5.01. The van der Waals surface area contributed by atoms with Crippen molar-refractivity contribution in [2.75, 3.05) is 12.4 Å². The summed E-state index contributed by atoms with van der Waals surface area (Å²) >= 11 is 6.00. The molecule has 0 saturated carbocycles. The lowest BCUT2D eigenvalue weighted by Gasteiger charge is -2.11. The van der Waals surface area contributed by atoms with Crippen molar-refractivity contribution in [3.05, 3.63) is 35.0 Å². The van der Waals surface area contributed by atoms with Crippen LogP contribution in [0.15, 0.2) is 30.0 Å². The van der Waals surface area contributed by atoms with Gasteiger partial charge in [0, 0.05) is 17.9 Å². The van der Waals surface area contributed by atoms with Crippen LogP contribution in [0.3, 0.4) is 0 Å². The highest BCUT2D eigenvalue weighted by atomic mass is 35.5. The fourth-order valence-electron chi connectivity index (χ4n) is 1.46. The molecule has 1 unspecified atom stereocenters. The lowest BCUT2D eigenvalue weighted by molar-refractivity contribution is -0.117. The summed E-state index contributed by atoms with van der Waals surface area (Å²) in [6.45, 7) is 3.84. The summed E-state index contributed by atoms with van der Waals surface area (Å²) in [4.78, 5) is 11.8. The summed E-state index contributed by atoms with van der Waals surface area (Å²) in [5, 5.41) is 15.1. The average molecular weight is 308 g/mol. The number of ether oxygens (including phenoxy) is 1. The van der Waals surface area contributed by atoms with Gasteiger partial charge in [0.05, 0.1) is 12.1 Å². The molecule has 112 valence electrons. The molecular weight excluding hydrogens is 290 g/mol. The summed E-state index contributed by atoms with van der Waals surface area (Å²) < 4.78 is 5.05.